The summed E-state index contributed by atoms with van der Waals surface area (Å²) in [6.07, 6.45) is 4.25. The summed E-state index contributed by atoms with van der Waals surface area (Å²) in [5, 5.41) is 11.5. The van der Waals surface area contributed by atoms with Crippen LogP contribution in [-0.4, -0.2) is 61.7 Å². The van der Waals surface area contributed by atoms with Crippen molar-refractivity contribution in [3.63, 3.8) is 0 Å². The first-order chi connectivity index (χ1) is 13.8. The Morgan fingerprint density at radius 1 is 1.30 bits per heavy atom. The molecule has 1 aliphatic rings. The monoisotopic (exact) mass is 438 g/mol. The van der Waals surface area contributed by atoms with Crippen LogP contribution in [0.15, 0.2) is 18.6 Å². The largest absolute Gasteiger partial charge is 0.444 e. The van der Waals surface area contributed by atoms with Crippen molar-refractivity contribution >= 4 is 28.7 Å². The Morgan fingerprint density at radius 3 is 2.63 bits per heavy atom. The van der Waals surface area contributed by atoms with Crippen molar-refractivity contribution in [2.75, 3.05) is 13.6 Å². The van der Waals surface area contributed by atoms with E-state index in [1.54, 1.807) is 25.8 Å². The highest BCUT2D eigenvalue weighted by Gasteiger charge is 2.40. The molecule has 1 fully saturated rings. The van der Waals surface area contributed by atoms with Gasteiger partial charge in [0, 0.05) is 31.7 Å². The van der Waals surface area contributed by atoms with Crippen molar-refractivity contribution in [1.82, 2.24) is 19.4 Å². The van der Waals surface area contributed by atoms with Gasteiger partial charge in [-0.3, -0.25) is 0 Å². The molecule has 3 atom stereocenters. The Labute approximate surface area is 182 Å². The second kappa shape index (κ2) is 8.32. The number of carbonyl (C=O) groups excluding carboxylic acids is 1. The van der Waals surface area contributed by atoms with Crippen LogP contribution in [0, 0.1) is 5.92 Å². The molecule has 8 nitrogen and oxygen atoms in total. The molecule has 0 aliphatic heterocycles. The van der Waals surface area contributed by atoms with E-state index in [1.807, 2.05) is 33.0 Å². The predicted octanol–water partition coefficient (Wildman–Crippen LogP) is 4.02. The zero-order valence-corrected chi connectivity index (χ0v) is 19.2. The third-order valence-corrected chi connectivity index (χ3v) is 5.41. The molecule has 1 N–H and O–H groups in total. The summed E-state index contributed by atoms with van der Waals surface area (Å²) in [6.45, 7) is 9.22. The molecule has 0 radical (unpaired) electrons. The predicted molar refractivity (Wildman–Crippen MR) is 114 cm³/mol. The highest BCUT2D eigenvalue weighted by molar-refractivity contribution is 6.33. The molecule has 9 heteroatoms. The van der Waals surface area contributed by atoms with E-state index in [-0.39, 0.29) is 24.2 Å². The van der Waals surface area contributed by atoms with Gasteiger partial charge in [0.05, 0.1) is 11.5 Å². The van der Waals surface area contributed by atoms with Gasteiger partial charge in [0.25, 0.3) is 0 Å². The van der Waals surface area contributed by atoms with Crippen molar-refractivity contribution in [2.24, 2.45) is 5.92 Å². The fraction of sp³-hybridized carbons (Fsp3) is 0.667. The van der Waals surface area contributed by atoms with E-state index in [2.05, 4.69) is 14.5 Å². The van der Waals surface area contributed by atoms with Crippen molar-refractivity contribution in [3.8, 4) is 0 Å². The molecule has 1 amide bonds. The van der Waals surface area contributed by atoms with Crippen LogP contribution in [0.2, 0.25) is 5.15 Å². The lowest BCUT2D eigenvalue weighted by atomic mass is 10.0. The Morgan fingerprint density at radius 2 is 2.00 bits per heavy atom. The molecule has 0 bridgehead atoms. The van der Waals surface area contributed by atoms with Gasteiger partial charge in [-0.2, -0.15) is 0 Å². The fourth-order valence-electron chi connectivity index (χ4n) is 3.99. The molecule has 0 aromatic carbocycles. The van der Waals surface area contributed by atoms with E-state index >= 15 is 0 Å². The summed E-state index contributed by atoms with van der Waals surface area (Å²) in [5.74, 6) is -1.25. The zero-order valence-electron chi connectivity index (χ0n) is 18.4. The number of hydrogen-bond acceptors (Lipinski definition) is 6. The van der Waals surface area contributed by atoms with E-state index in [4.69, 9.17) is 21.1 Å². The zero-order chi connectivity index (χ0) is 22.3. The topological polar surface area (TPSA) is 89.7 Å². The van der Waals surface area contributed by atoms with Crippen LogP contribution in [0.3, 0.4) is 0 Å². The maximum atomic E-state index is 12.4. The van der Waals surface area contributed by atoms with Crippen LogP contribution in [0.25, 0.3) is 11.0 Å². The third-order valence-electron chi connectivity index (χ3n) is 5.11. The number of aliphatic hydroxyl groups is 1. The molecule has 1 saturated carbocycles. The molecule has 30 heavy (non-hydrogen) atoms. The average Bonchev–Trinajstić information content (AvgIpc) is 3.17. The third kappa shape index (κ3) is 5.42. The highest BCUT2D eigenvalue weighted by Crippen LogP contribution is 2.40. The fourth-order valence-corrected chi connectivity index (χ4v) is 4.18. The number of carbonyl (C=O) groups is 1. The van der Waals surface area contributed by atoms with Gasteiger partial charge in [0.2, 0.25) is 0 Å². The lowest BCUT2D eigenvalue weighted by molar-refractivity contribution is -0.213. The van der Waals surface area contributed by atoms with Gasteiger partial charge < -0.3 is 24.0 Å². The summed E-state index contributed by atoms with van der Waals surface area (Å²) < 4.78 is 13.5. The van der Waals surface area contributed by atoms with E-state index in [0.29, 0.717) is 18.1 Å². The SMILES string of the molecule is CN(C[C@H]1C[C@@H](n2ccc3c(Cl)ncnc32)C[C@@H]1OC(C)(C)O)C(=O)OC(C)(C)C. The molecule has 2 aromatic rings. The smallest absolute Gasteiger partial charge is 0.410 e. The molecule has 0 spiro atoms. The van der Waals surface area contributed by atoms with Crippen LogP contribution in [0.4, 0.5) is 4.79 Å². The van der Waals surface area contributed by atoms with Gasteiger partial charge in [-0.25, -0.2) is 14.8 Å². The average molecular weight is 439 g/mol. The summed E-state index contributed by atoms with van der Waals surface area (Å²) in [7, 11) is 1.72. The van der Waals surface area contributed by atoms with Gasteiger partial charge in [-0.15, -0.1) is 0 Å². The molecule has 1 aliphatic carbocycles. The van der Waals surface area contributed by atoms with Crippen molar-refractivity contribution in [3.05, 3.63) is 23.7 Å². The maximum Gasteiger partial charge on any atom is 0.410 e. The van der Waals surface area contributed by atoms with Gasteiger partial charge in [-0.1, -0.05) is 11.6 Å². The van der Waals surface area contributed by atoms with Gasteiger partial charge in [-0.05, 0) is 53.5 Å². The number of amides is 1. The van der Waals surface area contributed by atoms with E-state index < -0.39 is 11.4 Å². The molecule has 166 valence electrons. The van der Waals surface area contributed by atoms with Gasteiger partial charge >= 0.3 is 6.09 Å². The van der Waals surface area contributed by atoms with Crippen molar-refractivity contribution in [1.29, 1.82) is 0 Å². The van der Waals surface area contributed by atoms with Crippen LogP contribution < -0.4 is 0 Å². The van der Waals surface area contributed by atoms with Gasteiger partial charge in [0.1, 0.15) is 22.7 Å². The van der Waals surface area contributed by atoms with Crippen LogP contribution in [-0.2, 0) is 9.47 Å². The standard InChI is InChI=1S/C21H31ClN4O4/c1-20(2,3)30-19(27)25(6)11-13-9-14(10-16(13)29-21(4,5)28)26-8-7-15-17(22)23-12-24-18(15)26/h7-8,12-14,16,28H,9-11H2,1-6H3/t13-,14-,16+/m1/s1. The lowest BCUT2D eigenvalue weighted by Gasteiger charge is -2.31. The first-order valence-corrected chi connectivity index (χ1v) is 10.5. The number of hydrogen-bond donors (Lipinski definition) is 1. The normalized spacial score (nSPS) is 22.5. The van der Waals surface area contributed by atoms with Crippen LogP contribution in [0.5, 0.6) is 0 Å². The molecule has 0 unspecified atom stereocenters. The molecular formula is C21H31ClN4O4. The number of rotatable bonds is 5. The summed E-state index contributed by atoms with van der Waals surface area (Å²) in [6, 6.07) is 2.00. The lowest BCUT2D eigenvalue weighted by Crippen LogP contribution is -2.40. The van der Waals surface area contributed by atoms with Crippen LogP contribution in [0.1, 0.15) is 53.5 Å². The van der Waals surface area contributed by atoms with Gasteiger partial charge in [0.15, 0.2) is 5.79 Å². The number of nitrogens with zero attached hydrogens (tertiary/aromatic N) is 4. The quantitative estimate of drug-likeness (QED) is 0.560. The molecule has 3 rings (SSSR count). The molecule has 2 heterocycles. The minimum absolute atomic E-state index is 0.0219. The van der Waals surface area contributed by atoms with E-state index in [1.165, 1.54) is 6.33 Å². The number of aromatic nitrogens is 3. The highest BCUT2D eigenvalue weighted by atomic mass is 35.5. The summed E-state index contributed by atoms with van der Waals surface area (Å²) in [5.41, 5.74) is 0.207. The van der Waals surface area contributed by atoms with Crippen molar-refractivity contribution in [2.45, 2.75) is 71.0 Å². The van der Waals surface area contributed by atoms with Crippen LogP contribution >= 0.6 is 11.6 Å². The van der Waals surface area contributed by atoms with Crippen molar-refractivity contribution < 1.29 is 19.4 Å². The Balaban J connectivity index is 1.80. The minimum Gasteiger partial charge on any atom is -0.444 e. The first-order valence-electron chi connectivity index (χ1n) is 10.2. The maximum absolute atomic E-state index is 12.4. The number of halogens is 1. The second-order valence-electron chi connectivity index (χ2n) is 9.47. The number of fused-ring (bicyclic) bond motifs is 1. The van der Waals surface area contributed by atoms with E-state index in [9.17, 15) is 9.90 Å². The second-order valence-corrected chi connectivity index (χ2v) is 9.83. The number of ether oxygens (including phenoxy) is 2. The Hall–Kier alpha value is -1.90. The first kappa shape index (κ1) is 22.8. The molecule has 0 saturated heterocycles. The Kier molecular flexibility index (Phi) is 6.32. The molecular weight excluding hydrogens is 408 g/mol. The summed E-state index contributed by atoms with van der Waals surface area (Å²) >= 11 is 6.20. The summed E-state index contributed by atoms with van der Waals surface area (Å²) in [4.78, 5) is 22.4. The minimum atomic E-state index is -1.27. The Bertz CT molecular complexity index is 903. The molecule has 2 aromatic heterocycles. The van der Waals surface area contributed by atoms with E-state index in [0.717, 1.165) is 17.5 Å².